The highest BCUT2D eigenvalue weighted by Crippen LogP contribution is 2.38. The number of hydrogen-bond acceptors (Lipinski definition) is 7. The second-order valence-corrected chi connectivity index (χ2v) is 8.98. The summed E-state index contributed by atoms with van der Waals surface area (Å²) in [6.45, 7) is 2.60. The maximum atomic E-state index is 12.3. The molecule has 1 amide bonds. The third-order valence-corrected chi connectivity index (χ3v) is 6.19. The average Bonchev–Trinajstić information content (AvgIpc) is 3.24. The Balaban J connectivity index is 1.68. The molecule has 0 saturated carbocycles. The van der Waals surface area contributed by atoms with Crippen molar-refractivity contribution in [1.82, 2.24) is 4.98 Å². The molecule has 0 bridgehead atoms. The van der Waals surface area contributed by atoms with E-state index in [-0.39, 0.29) is 18.9 Å². The van der Waals surface area contributed by atoms with E-state index >= 15 is 0 Å². The first kappa shape index (κ1) is 25.7. The zero-order valence-corrected chi connectivity index (χ0v) is 21.6. The van der Waals surface area contributed by atoms with Gasteiger partial charge in [0.1, 0.15) is 6.61 Å². The lowest BCUT2D eigenvalue weighted by Gasteiger charge is -2.15. The predicted octanol–water partition coefficient (Wildman–Crippen LogP) is 5.90. The monoisotopic (exact) mass is 564 g/mol. The number of ether oxygens (including phenoxy) is 3. The largest absolute Gasteiger partial charge is 0.490 e. The zero-order valence-electron chi connectivity index (χ0n) is 18.5. The lowest BCUT2D eigenvalue weighted by Crippen LogP contribution is -2.08. The number of esters is 1. The summed E-state index contributed by atoms with van der Waals surface area (Å²) < 4.78 is 17.0. The first-order valence-electron chi connectivity index (χ1n) is 10.2. The van der Waals surface area contributed by atoms with Gasteiger partial charge in [0.15, 0.2) is 16.6 Å². The normalized spacial score (nSPS) is 10.8. The van der Waals surface area contributed by atoms with Gasteiger partial charge in [0.05, 0.1) is 30.3 Å². The summed E-state index contributed by atoms with van der Waals surface area (Å²) >= 11 is 11.0. The Hall–Kier alpha value is -2.88. The number of amides is 1. The molecule has 1 aromatic heterocycles. The van der Waals surface area contributed by atoms with Gasteiger partial charge in [0.25, 0.3) is 0 Å². The van der Waals surface area contributed by atoms with E-state index in [0.29, 0.717) is 38.4 Å². The highest BCUT2D eigenvalue weighted by atomic mass is 79.9. The van der Waals surface area contributed by atoms with Gasteiger partial charge in [-0.3, -0.25) is 14.9 Å². The van der Waals surface area contributed by atoms with Gasteiger partial charge in [-0.1, -0.05) is 29.8 Å². The second-order valence-electron chi connectivity index (χ2n) is 6.86. The maximum absolute atomic E-state index is 12.3. The second kappa shape index (κ2) is 12.5. The molecular weight excluding hydrogens is 544 g/mol. The topological polar surface area (TPSA) is 86.8 Å². The van der Waals surface area contributed by atoms with Crippen molar-refractivity contribution in [2.45, 2.75) is 20.0 Å². The molecule has 0 aliphatic rings. The molecule has 7 nitrogen and oxygen atoms in total. The van der Waals surface area contributed by atoms with Crippen molar-refractivity contribution in [2.75, 3.05) is 19.0 Å². The van der Waals surface area contributed by atoms with Crippen LogP contribution in [-0.2, 0) is 27.4 Å². The molecule has 10 heteroatoms. The Morgan fingerprint density at radius 2 is 2.03 bits per heavy atom. The van der Waals surface area contributed by atoms with E-state index in [0.717, 1.165) is 11.1 Å². The number of hydrogen-bond donors (Lipinski definition) is 1. The fraction of sp³-hybridized carbons (Fsp3) is 0.208. The van der Waals surface area contributed by atoms with Crippen LogP contribution >= 0.6 is 38.9 Å². The third kappa shape index (κ3) is 7.31. The number of nitrogens with zero attached hydrogens (tertiary/aromatic N) is 1. The van der Waals surface area contributed by atoms with Crippen LogP contribution in [-0.4, -0.2) is 30.6 Å². The lowest BCUT2D eigenvalue weighted by atomic mass is 10.2. The molecule has 1 N–H and O–H groups in total. The molecule has 0 atom stereocenters. The van der Waals surface area contributed by atoms with E-state index in [2.05, 4.69) is 31.0 Å². The molecule has 3 rings (SSSR count). The quantitative estimate of drug-likeness (QED) is 0.243. The smallest absolute Gasteiger partial charge is 0.311 e. The van der Waals surface area contributed by atoms with E-state index < -0.39 is 5.97 Å². The van der Waals surface area contributed by atoms with Gasteiger partial charge in [0.2, 0.25) is 5.91 Å². The average molecular weight is 566 g/mol. The van der Waals surface area contributed by atoms with Gasteiger partial charge < -0.3 is 14.2 Å². The third-order valence-electron chi connectivity index (χ3n) is 4.42. The van der Waals surface area contributed by atoms with Crippen molar-refractivity contribution >= 4 is 62.0 Å². The fourth-order valence-electron chi connectivity index (χ4n) is 2.84. The summed E-state index contributed by atoms with van der Waals surface area (Å²) in [5.41, 5.74) is 2.13. The Morgan fingerprint density at radius 3 is 2.76 bits per heavy atom. The summed E-state index contributed by atoms with van der Waals surface area (Å²) in [7, 11) is 1.31. The minimum absolute atomic E-state index is 0.0534. The first-order valence-corrected chi connectivity index (χ1v) is 12.3. The van der Waals surface area contributed by atoms with Gasteiger partial charge in [-0.25, -0.2) is 4.98 Å². The summed E-state index contributed by atoms with van der Waals surface area (Å²) in [5, 5.41) is 5.40. The van der Waals surface area contributed by atoms with Crippen molar-refractivity contribution in [3.05, 3.63) is 74.2 Å². The molecule has 0 aliphatic carbocycles. The number of carbonyl (C=O) groups excluding carboxylic acids is 2. The SMILES string of the molecule is CCOc1cc(/C=C/C(=O)Nc2nc(CC(=O)OC)cs2)cc(Br)c1OCc1ccccc1Cl. The van der Waals surface area contributed by atoms with Crippen LogP contribution < -0.4 is 14.8 Å². The molecule has 0 spiro atoms. The number of thiazole rings is 1. The van der Waals surface area contributed by atoms with Gasteiger partial charge in [-0.2, -0.15) is 0 Å². The van der Waals surface area contributed by atoms with Gasteiger partial charge in [0, 0.05) is 22.0 Å². The summed E-state index contributed by atoms with van der Waals surface area (Å²) in [6, 6.07) is 11.1. The Kier molecular flexibility index (Phi) is 9.50. The first-order chi connectivity index (χ1) is 16.4. The molecule has 0 saturated heterocycles. The number of methoxy groups -OCH3 is 1. The van der Waals surface area contributed by atoms with Crippen LogP contribution in [0.4, 0.5) is 5.13 Å². The Bertz CT molecular complexity index is 1200. The van der Waals surface area contributed by atoms with Crippen LogP contribution in [0, 0.1) is 0 Å². The van der Waals surface area contributed by atoms with Crippen LogP contribution in [0.3, 0.4) is 0 Å². The molecule has 3 aromatic rings. The fourth-order valence-corrected chi connectivity index (χ4v) is 4.31. The van der Waals surface area contributed by atoms with Gasteiger partial charge in [-0.15, -0.1) is 11.3 Å². The molecule has 2 aromatic carbocycles. The molecule has 1 heterocycles. The summed E-state index contributed by atoms with van der Waals surface area (Å²) in [6.07, 6.45) is 3.10. The molecule has 0 fully saturated rings. The Morgan fingerprint density at radius 1 is 1.24 bits per heavy atom. The minimum atomic E-state index is -0.391. The maximum Gasteiger partial charge on any atom is 0.311 e. The van der Waals surface area contributed by atoms with E-state index in [1.54, 1.807) is 17.5 Å². The number of anilines is 1. The van der Waals surface area contributed by atoms with Crippen LogP contribution in [0.15, 0.2) is 52.3 Å². The van der Waals surface area contributed by atoms with Crippen molar-refractivity contribution in [3.8, 4) is 11.5 Å². The predicted molar refractivity (Wildman–Crippen MR) is 137 cm³/mol. The highest BCUT2D eigenvalue weighted by molar-refractivity contribution is 9.10. The van der Waals surface area contributed by atoms with Crippen molar-refractivity contribution < 1.29 is 23.8 Å². The minimum Gasteiger partial charge on any atom is -0.490 e. The van der Waals surface area contributed by atoms with Crippen LogP contribution in [0.5, 0.6) is 11.5 Å². The standard InChI is InChI=1S/C24H22BrClN2O5S/c1-3-32-20-11-15(10-18(25)23(20)33-13-16-6-4-5-7-19(16)26)8-9-21(29)28-24-27-17(14-34-24)12-22(30)31-2/h4-11,14H,3,12-13H2,1-2H3,(H,27,28,29)/b9-8+. The number of aromatic nitrogens is 1. The molecule has 34 heavy (non-hydrogen) atoms. The molecule has 178 valence electrons. The van der Waals surface area contributed by atoms with E-state index in [4.69, 9.17) is 21.1 Å². The van der Waals surface area contributed by atoms with Crippen molar-refractivity contribution in [3.63, 3.8) is 0 Å². The van der Waals surface area contributed by atoms with Crippen LogP contribution in [0.1, 0.15) is 23.7 Å². The summed E-state index contributed by atoms with van der Waals surface area (Å²) in [4.78, 5) is 27.9. The van der Waals surface area contributed by atoms with Crippen LogP contribution in [0.2, 0.25) is 5.02 Å². The molecular formula is C24H22BrClN2O5S. The lowest BCUT2D eigenvalue weighted by molar-refractivity contribution is -0.139. The Labute approximate surface area is 214 Å². The zero-order chi connectivity index (χ0) is 24.5. The van der Waals surface area contributed by atoms with Gasteiger partial charge >= 0.3 is 5.97 Å². The number of benzene rings is 2. The highest BCUT2D eigenvalue weighted by Gasteiger charge is 2.13. The van der Waals surface area contributed by atoms with E-state index in [1.165, 1.54) is 24.5 Å². The van der Waals surface area contributed by atoms with E-state index in [9.17, 15) is 9.59 Å². The van der Waals surface area contributed by atoms with Crippen molar-refractivity contribution in [2.24, 2.45) is 0 Å². The molecule has 0 radical (unpaired) electrons. The van der Waals surface area contributed by atoms with Gasteiger partial charge in [-0.05, 0) is 52.7 Å². The van der Waals surface area contributed by atoms with Crippen LogP contribution in [0.25, 0.3) is 6.08 Å². The number of carbonyl (C=O) groups is 2. The summed E-state index contributed by atoms with van der Waals surface area (Å²) in [5.74, 6) is 0.339. The number of halogens is 2. The number of nitrogens with one attached hydrogen (secondary N) is 1. The molecule has 0 aliphatic heterocycles. The molecule has 0 unspecified atom stereocenters. The van der Waals surface area contributed by atoms with Crippen molar-refractivity contribution in [1.29, 1.82) is 0 Å². The number of rotatable bonds is 10. The van der Waals surface area contributed by atoms with E-state index in [1.807, 2.05) is 37.3 Å².